The minimum absolute atomic E-state index is 0.219. The standard InChI is InChI=1S/C20H18FN3O2/c1-13-12-19(25)24-18(23-13)10-11-22-20(26)16-8-3-2-6-14(16)15-7-4-5-9-17(15)21/h2-9,12H,10-11H2,1H3,(H,22,26)(H,23,24,25). The summed E-state index contributed by atoms with van der Waals surface area (Å²) in [5.74, 6) is -0.175. The Bertz CT molecular complexity index is 998. The van der Waals surface area contributed by atoms with Gasteiger partial charge in [-0.1, -0.05) is 36.4 Å². The maximum Gasteiger partial charge on any atom is 0.251 e. The van der Waals surface area contributed by atoms with Crippen LogP contribution in [0.15, 0.2) is 59.4 Å². The van der Waals surface area contributed by atoms with Gasteiger partial charge in [-0.05, 0) is 24.6 Å². The zero-order chi connectivity index (χ0) is 18.5. The number of rotatable bonds is 5. The highest BCUT2D eigenvalue weighted by Gasteiger charge is 2.14. The number of carbonyl (C=O) groups excluding carboxylic acids is 1. The maximum atomic E-state index is 14.1. The van der Waals surface area contributed by atoms with Gasteiger partial charge in [0.1, 0.15) is 11.6 Å². The molecule has 1 aromatic heterocycles. The van der Waals surface area contributed by atoms with Crippen LogP contribution in [0.5, 0.6) is 0 Å². The van der Waals surface area contributed by atoms with Gasteiger partial charge in [0.05, 0.1) is 0 Å². The van der Waals surface area contributed by atoms with E-state index in [0.717, 1.165) is 0 Å². The second-order valence-corrected chi connectivity index (χ2v) is 5.86. The van der Waals surface area contributed by atoms with Crippen molar-refractivity contribution in [3.63, 3.8) is 0 Å². The molecule has 6 heteroatoms. The molecule has 0 aliphatic rings. The van der Waals surface area contributed by atoms with Gasteiger partial charge in [-0.3, -0.25) is 9.59 Å². The first-order valence-corrected chi connectivity index (χ1v) is 8.23. The minimum Gasteiger partial charge on any atom is -0.352 e. The van der Waals surface area contributed by atoms with E-state index < -0.39 is 0 Å². The Kier molecular flexibility index (Phi) is 5.22. The van der Waals surface area contributed by atoms with Crippen LogP contribution < -0.4 is 10.9 Å². The van der Waals surface area contributed by atoms with Crippen LogP contribution in [0.3, 0.4) is 0 Å². The van der Waals surface area contributed by atoms with Crippen LogP contribution in [-0.4, -0.2) is 22.4 Å². The third kappa shape index (κ3) is 4.03. The number of nitrogens with one attached hydrogen (secondary N) is 2. The van der Waals surface area contributed by atoms with Crippen molar-refractivity contribution in [2.45, 2.75) is 13.3 Å². The number of H-pyrrole nitrogens is 1. The van der Waals surface area contributed by atoms with Crippen molar-refractivity contribution in [2.75, 3.05) is 6.54 Å². The van der Waals surface area contributed by atoms with Gasteiger partial charge in [0.2, 0.25) is 0 Å². The van der Waals surface area contributed by atoms with Gasteiger partial charge in [-0.15, -0.1) is 0 Å². The van der Waals surface area contributed by atoms with Crippen molar-refractivity contribution in [1.29, 1.82) is 0 Å². The number of halogens is 1. The molecule has 1 heterocycles. The van der Waals surface area contributed by atoms with Crippen molar-refractivity contribution < 1.29 is 9.18 Å². The number of hydrogen-bond acceptors (Lipinski definition) is 3. The Balaban J connectivity index is 1.75. The van der Waals surface area contributed by atoms with Crippen molar-refractivity contribution in [3.05, 3.63) is 87.9 Å². The molecule has 5 nitrogen and oxygen atoms in total. The molecule has 1 amide bonds. The smallest absolute Gasteiger partial charge is 0.251 e. The number of nitrogens with zero attached hydrogens (tertiary/aromatic N) is 1. The second kappa shape index (κ2) is 7.74. The Morgan fingerprint density at radius 3 is 2.54 bits per heavy atom. The fraction of sp³-hybridized carbons (Fsp3) is 0.150. The molecule has 0 bridgehead atoms. The SMILES string of the molecule is Cc1cc(=O)[nH]c(CCNC(=O)c2ccccc2-c2ccccc2F)n1. The molecule has 132 valence electrons. The van der Waals surface area contributed by atoms with Gasteiger partial charge >= 0.3 is 0 Å². The van der Waals surface area contributed by atoms with Crippen LogP contribution in [-0.2, 0) is 6.42 Å². The zero-order valence-corrected chi connectivity index (χ0v) is 14.3. The summed E-state index contributed by atoms with van der Waals surface area (Å²) < 4.78 is 14.1. The molecule has 3 rings (SSSR count). The Labute approximate surface area is 149 Å². The molecule has 0 atom stereocenters. The molecule has 26 heavy (non-hydrogen) atoms. The van der Waals surface area contributed by atoms with Gasteiger partial charge in [-0.25, -0.2) is 9.37 Å². The van der Waals surface area contributed by atoms with Crippen LogP contribution >= 0.6 is 0 Å². The molecule has 0 saturated heterocycles. The van der Waals surface area contributed by atoms with E-state index in [4.69, 9.17) is 0 Å². The highest BCUT2D eigenvalue weighted by molar-refractivity contribution is 6.00. The molecule has 2 N–H and O–H groups in total. The van der Waals surface area contributed by atoms with E-state index in [9.17, 15) is 14.0 Å². The van der Waals surface area contributed by atoms with Gasteiger partial charge in [0.15, 0.2) is 0 Å². The lowest BCUT2D eigenvalue weighted by atomic mass is 9.99. The summed E-state index contributed by atoms with van der Waals surface area (Å²) in [5.41, 5.74) is 1.71. The molecular weight excluding hydrogens is 333 g/mol. The third-order valence-corrected chi connectivity index (χ3v) is 3.90. The summed E-state index contributed by atoms with van der Waals surface area (Å²) in [6.07, 6.45) is 0.393. The number of aromatic amines is 1. The Morgan fingerprint density at radius 2 is 1.81 bits per heavy atom. The molecule has 3 aromatic rings. The zero-order valence-electron chi connectivity index (χ0n) is 14.3. The summed E-state index contributed by atoms with van der Waals surface area (Å²) in [6.45, 7) is 2.04. The maximum absolute atomic E-state index is 14.1. The van der Waals surface area contributed by atoms with Crippen LogP contribution in [0.25, 0.3) is 11.1 Å². The molecule has 0 unspecified atom stereocenters. The molecule has 0 aliphatic carbocycles. The van der Waals surface area contributed by atoms with E-state index >= 15 is 0 Å². The van der Waals surface area contributed by atoms with Crippen LogP contribution in [0.1, 0.15) is 21.9 Å². The van der Waals surface area contributed by atoms with E-state index in [2.05, 4.69) is 15.3 Å². The number of benzene rings is 2. The Morgan fingerprint density at radius 1 is 1.12 bits per heavy atom. The van der Waals surface area contributed by atoms with Crippen LogP contribution in [0.2, 0.25) is 0 Å². The summed E-state index contributed by atoms with van der Waals surface area (Å²) in [5, 5.41) is 2.79. The number of hydrogen-bond donors (Lipinski definition) is 2. The summed E-state index contributed by atoms with van der Waals surface area (Å²) >= 11 is 0. The summed E-state index contributed by atoms with van der Waals surface area (Å²) in [4.78, 5) is 30.9. The third-order valence-electron chi connectivity index (χ3n) is 3.90. The van der Waals surface area contributed by atoms with Crippen LogP contribution in [0.4, 0.5) is 4.39 Å². The highest BCUT2D eigenvalue weighted by atomic mass is 19.1. The first-order chi connectivity index (χ1) is 12.5. The molecule has 0 radical (unpaired) electrons. The van der Waals surface area contributed by atoms with Gasteiger partial charge in [0, 0.05) is 35.9 Å². The predicted molar refractivity (Wildman–Crippen MR) is 97.5 cm³/mol. The van der Waals surface area contributed by atoms with E-state index in [-0.39, 0.29) is 17.3 Å². The van der Waals surface area contributed by atoms with E-state index in [0.29, 0.717) is 41.2 Å². The molecule has 0 fully saturated rings. The average Bonchev–Trinajstić information content (AvgIpc) is 2.61. The first kappa shape index (κ1) is 17.5. The predicted octanol–water partition coefficient (Wildman–Crippen LogP) is 2.86. The lowest BCUT2D eigenvalue weighted by Gasteiger charge is -2.11. The van der Waals surface area contributed by atoms with Crippen molar-refractivity contribution in [3.8, 4) is 11.1 Å². The summed E-state index contributed by atoms with van der Waals surface area (Å²) in [7, 11) is 0. The minimum atomic E-state index is -0.380. The average molecular weight is 351 g/mol. The quantitative estimate of drug-likeness (QED) is 0.742. The number of aromatic nitrogens is 2. The van der Waals surface area contributed by atoms with E-state index in [1.165, 1.54) is 12.1 Å². The Hall–Kier alpha value is -3.28. The molecule has 0 aliphatic heterocycles. The van der Waals surface area contributed by atoms with Gasteiger partial charge in [0.25, 0.3) is 11.5 Å². The fourth-order valence-electron chi connectivity index (χ4n) is 2.74. The second-order valence-electron chi connectivity index (χ2n) is 5.86. The monoisotopic (exact) mass is 351 g/mol. The molecule has 0 saturated carbocycles. The fourth-order valence-corrected chi connectivity index (χ4v) is 2.74. The number of amides is 1. The highest BCUT2D eigenvalue weighted by Crippen LogP contribution is 2.26. The van der Waals surface area contributed by atoms with Crippen LogP contribution in [0, 0.1) is 12.7 Å². The van der Waals surface area contributed by atoms with Gasteiger partial charge in [-0.2, -0.15) is 0 Å². The largest absolute Gasteiger partial charge is 0.352 e. The topological polar surface area (TPSA) is 74.8 Å². The lowest BCUT2D eigenvalue weighted by molar-refractivity contribution is 0.0954. The summed E-state index contributed by atoms with van der Waals surface area (Å²) in [6, 6.07) is 14.6. The van der Waals surface area contributed by atoms with Crippen molar-refractivity contribution in [1.82, 2.24) is 15.3 Å². The first-order valence-electron chi connectivity index (χ1n) is 8.23. The van der Waals surface area contributed by atoms with Crippen molar-refractivity contribution >= 4 is 5.91 Å². The normalized spacial score (nSPS) is 10.5. The number of aryl methyl sites for hydroxylation is 1. The molecule has 0 spiro atoms. The van der Waals surface area contributed by atoms with E-state index in [1.807, 2.05) is 0 Å². The number of carbonyl (C=O) groups is 1. The molecular formula is C20H18FN3O2. The van der Waals surface area contributed by atoms with Gasteiger partial charge < -0.3 is 10.3 Å². The van der Waals surface area contributed by atoms with Crippen molar-refractivity contribution in [2.24, 2.45) is 0 Å². The molecule has 2 aromatic carbocycles. The van der Waals surface area contributed by atoms with E-state index in [1.54, 1.807) is 49.4 Å². The lowest BCUT2D eigenvalue weighted by Crippen LogP contribution is -2.27.